The number of carbonyl (C=O) groups excluding carboxylic acids is 2. The number of carbonyl (C=O) groups is 2. The summed E-state index contributed by atoms with van der Waals surface area (Å²) < 4.78 is 26.3. The quantitative estimate of drug-likeness (QED) is 0.0297. The van der Waals surface area contributed by atoms with E-state index >= 15 is 0 Å². The topological polar surface area (TPSA) is 119 Å². The van der Waals surface area contributed by atoms with Gasteiger partial charge in [0.05, 0.1) is 6.61 Å². The summed E-state index contributed by atoms with van der Waals surface area (Å²) in [6.07, 6.45) is 38.6. The second-order valence-corrected chi connectivity index (χ2v) is 13.8. The van der Waals surface area contributed by atoms with Gasteiger partial charge < -0.3 is 19.3 Å². The van der Waals surface area contributed by atoms with E-state index in [-0.39, 0.29) is 19.4 Å². The van der Waals surface area contributed by atoms with E-state index in [1.54, 1.807) is 0 Å². The molecule has 0 amide bonds. The van der Waals surface area contributed by atoms with E-state index in [2.05, 4.69) is 54.8 Å². The van der Waals surface area contributed by atoms with Crippen LogP contribution in [0.3, 0.4) is 0 Å². The fraction of sp³-hybridized carbons (Fsp3) is 0.789. The summed E-state index contributed by atoms with van der Waals surface area (Å²) in [4.78, 5) is 42.6. The Kier molecular flexibility index (Phi) is 32.9. The first kappa shape index (κ1) is 45.3. The molecular weight excluding hydrogens is 615 g/mol. The van der Waals surface area contributed by atoms with Crippen LogP contribution in [-0.2, 0) is 28.2 Å². The van der Waals surface area contributed by atoms with Crippen LogP contribution in [0.15, 0.2) is 36.5 Å². The normalized spacial score (nSPS) is 12.9. The van der Waals surface area contributed by atoms with Crippen LogP contribution in [0.25, 0.3) is 0 Å². The van der Waals surface area contributed by atoms with Crippen LogP contribution in [0.1, 0.15) is 174 Å². The second-order valence-electron chi connectivity index (χ2n) is 12.6. The molecule has 0 aliphatic heterocycles. The Labute approximate surface area is 287 Å². The van der Waals surface area contributed by atoms with Gasteiger partial charge in [-0.3, -0.25) is 14.1 Å². The fourth-order valence-corrected chi connectivity index (χ4v) is 5.45. The number of hydrogen-bond acceptors (Lipinski definition) is 6. The maximum absolute atomic E-state index is 12.3. The van der Waals surface area contributed by atoms with Gasteiger partial charge in [0.1, 0.15) is 6.61 Å². The zero-order valence-electron chi connectivity index (χ0n) is 29.9. The predicted molar refractivity (Wildman–Crippen MR) is 193 cm³/mol. The summed E-state index contributed by atoms with van der Waals surface area (Å²) in [5, 5.41) is 0. The van der Waals surface area contributed by atoms with Crippen molar-refractivity contribution in [2.75, 3.05) is 13.2 Å². The van der Waals surface area contributed by atoms with E-state index < -0.39 is 32.5 Å². The van der Waals surface area contributed by atoms with E-state index in [1.807, 2.05) is 0 Å². The van der Waals surface area contributed by atoms with Gasteiger partial charge >= 0.3 is 19.8 Å². The maximum atomic E-state index is 12.3. The van der Waals surface area contributed by atoms with Gasteiger partial charge in [0.25, 0.3) is 0 Å². The molecular formula is C38H69O8P. The molecule has 0 heterocycles. The van der Waals surface area contributed by atoms with E-state index in [4.69, 9.17) is 19.3 Å². The third-order valence-corrected chi connectivity index (χ3v) is 8.40. The molecule has 47 heavy (non-hydrogen) atoms. The van der Waals surface area contributed by atoms with Crippen LogP contribution in [-0.4, -0.2) is 41.0 Å². The molecule has 0 bridgehead atoms. The van der Waals surface area contributed by atoms with Gasteiger partial charge in [0, 0.05) is 12.8 Å². The van der Waals surface area contributed by atoms with Crippen molar-refractivity contribution in [3.05, 3.63) is 36.5 Å². The lowest BCUT2D eigenvalue weighted by Crippen LogP contribution is -2.29. The van der Waals surface area contributed by atoms with E-state index in [0.29, 0.717) is 12.8 Å². The Bertz CT molecular complexity index is 864. The molecule has 1 atom stereocenters. The smallest absolute Gasteiger partial charge is 0.462 e. The number of phosphoric acid groups is 1. The number of allylic oxidation sites excluding steroid dienone is 6. The van der Waals surface area contributed by atoms with E-state index in [9.17, 15) is 14.2 Å². The maximum Gasteiger partial charge on any atom is 0.469 e. The van der Waals surface area contributed by atoms with E-state index in [0.717, 1.165) is 51.4 Å². The minimum atomic E-state index is -4.75. The molecule has 9 heteroatoms. The Balaban J connectivity index is 4.03. The first-order valence-corrected chi connectivity index (χ1v) is 20.3. The molecule has 0 fully saturated rings. The molecule has 0 rings (SSSR count). The summed E-state index contributed by atoms with van der Waals surface area (Å²) in [7, 11) is -4.75. The Morgan fingerprint density at radius 3 is 1.47 bits per heavy atom. The molecule has 0 aliphatic carbocycles. The number of hydrogen-bond donors (Lipinski definition) is 2. The standard InChI is InChI=1S/C38H69O8P/c1-3-5-7-9-11-13-15-17-19-21-22-24-26-28-30-32-37(39)44-34-36(35-45-47(41,42)43)46-38(40)33-31-29-27-25-23-20-18-16-14-12-10-8-6-4-2/h11,13,17,19,22,24,36H,3-10,12,14-16,18,20-21,23,25-35H2,1-2H3,(H2,41,42,43)/b13-11-,19-17-,24-22-/t36-/m1/s1. The Morgan fingerprint density at radius 2 is 0.957 bits per heavy atom. The highest BCUT2D eigenvalue weighted by Crippen LogP contribution is 2.36. The summed E-state index contributed by atoms with van der Waals surface area (Å²) in [6, 6.07) is 0. The highest BCUT2D eigenvalue weighted by Gasteiger charge is 2.22. The minimum Gasteiger partial charge on any atom is -0.462 e. The van der Waals surface area contributed by atoms with Crippen LogP contribution in [0, 0.1) is 0 Å². The molecule has 0 saturated carbocycles. The van der Waals surface area contributed by atoms with Gasteiger partial charge in [0.15, 0.2) is 6.10 Å². The van der Waals surface area contributed by atoms with Gasteiger partial charge in [-0.15, -0.1) is 0 Å². The number of esters is 2. The van der Waals surface area contributed by atoms with Crippen LogP contribution in [0.2, 0.25) is 0 Å². The molecule has 0 spiro atoms. The number of ether oxygens (including phenoxy) is 2. The molecule has 0 unspecified atom stereocenters. The Hall–Kier alpha value is -1.73. The second kappa shape index (κ2) is 34.1. The first-order valence-electron chi connectivity index (χ1n) is 18.8. The van der Waals surface area contributed by atoms with Gasteiger partial charge in [-0.05, 0) is 51.4 Å². The zero-order valence-corrected chi connectivity index (χ0v) is 30.8. The van der Waals surface area contributed by atoms with Gasteiger partial charge in [-0.2, -0.15) is 0 Å². The highest BCUT2D eigenvalue weighted by molar-refractivity contribution is 7.46. The number of phosphoric ester groups is 1. The summed E-state index contributed by atoms with van der Waals surface area (Å²) in [6.45, 7) is 3.61. The molecule has 2 N–H and O–H groups in total. The predicted octanol–water partition coefficient (Wildman–Crippen LogP) is 11.0. The monoisotopic (exact) mass is 684 g/mol. The van der Waals surface area contributed by atoms with Crippen LogP contribution in [0.4, 0.5) is 0 Å². The van der Waals surface area contributed by atoms with Gasteiger partial charge in [-0.1, -0.05) is 147 Å². The van der Waals surface area contributed by atoms with Crippen molar-refractivity contribution in [2.45, 2.75) is 180 Å². The average Bonchev–Trinajstić information content (AvgIpc) is 3.03. The molecule has 0 aliphatic rings. The summed E-state index contributed by atoms with van der Waals surface area (Å²) in [5.41, 5.74) is 0. The molecule has 274 valence electrons. The molecule has 8 nitrogen and oxygen atoms in total. The number of unbranched alkanes of at least 4 members (excludes halogenated alkanes) is 18. The zero-order chi connectivity index (χ0) is 34.7. The van der Waals surface area contributed by atoms with Crippen molar-refractivity contribution in [3.63, 3.8) is 0 Å². The molecule has 0 saturated heterocycles. The summed E-state index contributed by atoms with van der Waals surface area (Å²) in [5.74, 6) is -0.927. The van der Waals surface area contributed by atoms with Crippen molar-refractivity contribution in [2.24, 2.45) is 0 Å². The average molecular weight is 685 g/mol. The molecule has 0 aromatic carbocycles. The third kappa shape index (κ3) is 36.9. The van der Waals surface area contributed by atoms with Crippen LogP contribution >= 0.6 is 7.82 Å². The van der Waals surface area contributed by atoms with E-state index in [1.165, 1.54) is 83.5 Å². The molecule has 0 aromatic rings. The van der Waals surface area contributed by atoms with Crippen molar-refractivity contribution in [1.82, 2.24) is 0 Å². The largest absolute Gasteiger partial charge is 0.469 e. The fourth-order valence-electron chi connectivity index (χ4n) is 5.08. The Morgan fingerprint density at radius 1 is 0.553 bits per heavy atom. The van der Waals surface area contributed by atoms with Crippen molar-refractivity contribution < 1.29 is 37.9 Å². The summed E-state index contributed by atoms with van der Waals surface area (Å²) >= 11 is 0. The highest BCUT2D eigenvalue weighted by atomic mass is 31.2. The lowest BCUT2D eigenvalue weighted by atomic mass is 10.0. The van der Waals surface area contributed by atoms with Crippen molar-refractivity contribution in [1.29, 1.82) is 0 Å². The van der Waals surface area contributed by atoms with Gasteiger partial charge in [0.2, 0.25) is 0 Å². The first-order chi connectivity index (χ1) is 22.8. The van der Waals surface area contributed by atoms with Crippen molar-refractivity contribution >= 4 is 19.8 Å². The molecule has 0 aromatic heterocycles. The van der Waals surface area contributed by atoms with Gasteiger partial charge in [-0.25, -0.2) is 4.57 Å². The lowest BCUT2D eigenvalue weighted by molar-refractivity contribution is -0.161. The van der Waals surface area contributed by atoms with Crippen LogP contribution in [0.5, 0.6) is 0 Å². The van der Waals surface area contributed by atoms with Crippen LogP contribution < -0.4 is 0 Å². The lowest BCUT2D eigenvalue weighted by Gasteiger charge is -2.18. The third-order valence-electron chi connectivity index (χ3n) is 7.91. The van der Waals surface area contributed by atoms with Crippen molar-refractivity contribution in [3.8, 4) is 0 Å². The molecule has 0 radical (unpaired) electrons. The number of rotatable bonds is 34. The minimum absolute atomic E-state index is 0.206. The SMILES string of the molecule is CCCCC/C=C\C/C=C\C/C=C\CCCCC(=O)OC[C@H](COP(=O)(O)O)OC(=O)CCCCCCCCCCCCCCCC.